The summed E-state index contributed by atoms with van der Waals surface area (Å²) in [4.78, 5) is 29.8. The second-order valence-electron chi connectivity index (χ2n) is 5.20. The van der Waals surface area contributed by atoms with E-state index in [-0.39, 0.29) is 5.91 Å². The number of benzene rings is 1. The normalized spacial score (nSPS) is 17.1. The van der Waals surface area contributed by atoms with Crippen LogP contribution in [0.25, 0.3) is 0 Å². The molecule has 1 aromatic heterocycles. The molecule has 0 fully saturated rings. The Labute approximate surface area is 132 Å². The molecule has 2 aromatic rings. The van der Waals surface area contributed by atoms with Crippen molar-refractivity contribution in [3.63, 3.8) is 0 Å². The number of hydrogen-bond donors (Lipinski definition) is 1. The van der Waals surface area contributed by atoms with Crippen molar-refractivity contribution in [2.45, 2.75) is 25.3 Å². The first-order valence-corrected chi connectivity index (χ1v) is 8.03. The van der Waals surface area contributed by atoms with E-state index in [9.17, 15) is 14.7 Å². The van der Waals surface area contributed by atoms with E-state index in [1.54, 1.807) is 12.3 Å². The molecule has 1 aliphatic rings. The minimum absolute atomic E-state index is 0.128. The molecule has 1 amide bonds. The predicted molar refractivity (Wildman–Crippen MR) is 82.7 cm³/mol. The van der Waals surface area contributed by atoms with Gasteiger partial charge in [0.25, 0.3) is 0 Å². The van der Waals surface area contributed by atoms with Gasteiger partial charge in [-0.25, -0.2) is 9.78 Å². The van der Waals surface area contributed by atoms with Crippen LogP contribution in [0.3, 0.4) is 0 Å². The molecule has 0 bridgehead atoms. The van der Waals surface area contributed by atoms with Gasteiger partial charge in [-0.1, -0.05) is 24.3 Å². The average molecular weight is 316 g/mol. The number of carboxylic acid groups (broad SMARTS) is 1. The fraction of sp³-hybridized carbons (Fsp3) is 0.312. The van der Waals surface area contributed by atoms with Crippen LogP contribution < -0.4 is 0 Å². The van der Waals surface area contributed by atoms with E-state index in [0.717, 1.165) is 16.1 Å². The van der Waals surface area contributed by atoms with Gasteiger partial charge in [0.15, 0.2) is 6.04 Å². The molecule has 0 radical (unpaired) electrons. The van der Waals surface area contributed by atoms with Crippen molar-refractivity contribution in [2.24, 2.45) is 0 Å². The molecule has 0 aliphatic carbocycles. The molecule has 6 heteroatoms. The predicted octanol–water partition coefficient (Wildman–Crippen LogP) is 2.29. The molecule has 1 aromatic carbocycles. The molecule has 3 rings (SSSR count). The summed E-state index contributed by atoms with van der Waals surface area (Å²) < 4.78 is 0. The van der Waals surface area contributed by atoms with Gasteiger partial charge in [0.2, 0.25) is 5.91 Å². The Bertz CT molecular complexity index is 684. The van der Waals surface area contributed by atoms with Crippen molar-refractivity contribution in [1.29, 1.82) is 0 Å². The van der Waals surface area contributed by atoms with Crippen LogP contribution in [0.2, 0.25) is 0 Å². The number of thiazole rings is 1. The summed E-state index contributed by atoms with van der Waals surface area (Å²) in [7, 11) is 0. The van der Waals surface area contributed by atoms with Crippen molar-refractivity contribution < 1.29 is 14.7 Å². The fourth-order valence-corrected chi connectivity index (χ4v) is 3.46. The zero-order valence-corrected chi connectivity index (χ0v) is 12.8. The number of carboxylic acids is 1. The largest absolute Gasteiger partial charge is 0.479 e. The number of carbonyl (C=O) groups excluding carboxylic acids is 1. The third-order valence-corrected chi connectivity index (χ3v) is 4.71. The van der Waals surface area contributed by atoms with E-state index in [1.807, 2.05) is 23.6 Å². The maximum atomic E-state index is 12.5. The minimum atomic E-state index is -0.977. The summed E-state index contributed by atoms with van der Waals surface area (Å²) in [5, 5.41) is 12.3. The number of aryl methyl sites for hydroxylation is 1. The van der Waals surface area contributed by atoms with Crippen LogP contribution in [-0.4, -0.2) is 33.4 Å². The van der Waals surface area contributed by atoms with Gasteiger partial charge in [-0.15, -0.1) is 11.3 Å². The van der Waals surface area contributed by atoms with E-state index in [1.165, 1.54) is 16.2 Å². The lowest BCUT2D eigenvalue weighted by Crippen LogP contribution is -2.43. The van der Waals surface area contributed by atoms with E-state index < -0.39 is 12.0 Å². The molecule has 0 saturated carbocycles. The van der Waals surface area contributed by atoms with Crippen molar-refractivity contribution >= 4 is 23.2 Å². The SMILES string of the molecule is O=C(O)C1c2ccccc2CCN1C(=O)CCc1nccs1. The van der Waals surface area contributed by atoms with Crippen LogP contribution in [0.1, 0.15) is 28.6 Å². The van der Waals surface area contributed by atoms with Crippen LogP contribution in [0.5, 0.6) is 0 Å². The third-order valence-electron chi connectivity index (χ3n) is 3.87. The molecule has 2 heterocycles. The summed E-state index contributed by atoms with van der Waals surface area (Å²) in [6, 6.07) is 6.57. The summed E-state index contributed by atoms with van der Waals surface area (Å²) >= 11 is 1.51. The molecular formula is C16H16N2O3S. The molecule has 1 atom stereocenters. The summed E-state index contributed by atoms with van der Waals surface area (Å²) in [6.45, 7) is 0.449. The summed E-state index contributed by atoms with van der Waals surface area (Å²) in [6.07, 6.45) is 3.26. The molecule has 1 unspecified atom stereocenters. The molecular weight excluding hydrogens is 300 g/mol. The van der Waals surface area contributed by atoms with E-state index in [0.29, 0.717) is 25.8 Å². The number of aromatic nitrogens is 1. The second kappa shape index (κ2) is 6.27. The van der Waals surface area contributed by atoms with Crippen LogP contribution in [0.15, 0.2) is 35.8 Å². The summed E-state index contributed by atoms with van der Waals surface area (Å²) in [5.74, 6) is -1.10. The van der Waals surface area contributed by atoms with Gasteiger partial charge < -0.3 is 10.0 Å². The van der Waals surface area contributed by atoms with Gasteiger partial charge >= 0.3 is 5.97 Å². The summed E-state index contributed by atoms with van der Waals surface area (Å²) in [5.41, 5.74) is 1.74. The number of rotatable bonds is 4. The van der Waals surface area contributed by atoms with Gasteiger partial charge in [-0.2, -0.15) is 0 Å². The Kier molecular flexibility index (Phi) is 4.20. The highest BCUT2D eigenvalue weighted by molar-refractivity contribution is 7.09. The number of hydrogen-bond acceptors (Lipinski definition) is 4. The van der Waals surface area contributed by atoms with Gasteiger partial charge in [-0.05, 0) is 17.5 Å². The quantitative estimate of drug-likeness (QED) is 0.939. The highest BCUT2D eigenvalue weighted by Gasteiger charge is 2.35. The molecule has 1 aliphatic heterocycles. The maximum absolute atomic E-state index is 12.5. The second-order valence-corrected chi connectivity index (χ2v) is 6.18. The number of aliphatic carboxylic acids is 1. The molecule has 1 N–H and O–H groups in total. The first-order chi connectivity index (χ1) is 10.7. The van der Waals surface area contributed by atoms with Crippen LogP contribution in [0, 0.1) is 0 Å². The number of nitrogens with zero attached hydrogens (tertiary/aromatic N) is 2. The Morgan fingerprint density at radius 1 is 1.36 bits per heavy atom. The zero-order chi connectivity index (χ0) is 15.5. The van der Waals surface area contributed by atoms with Crippen LogP contribution >= 0.6 is 11.3 Å². The lowest BCUT2D eigenvalue weighted by molar-refractivity contribution is -0.151. The zero-order valence-electron chi connectivity index (χ0n) is 11.9. The molecule has 0 saturated heterocycles. The lowest BCUT2D eigenvalue weighted by Gasteiger charge is -2.34. The topological polar surface area (TPSA) is 70.5 Å². The lowest BCUT2D eigenvalue weighted by atomic mass is 9.92. The Morgan fingerprint density at radius 3 is 2.91 bits per heavy atom. The number of carbonyl (C=O) groups is 2. The van der Waals surface area contributed by atoms with Crippen LogP contribution in [-0.2, 0) is 22.4 Å². The van der Waals surface area contributed by atoms with Crippen LogP contribution in [0.4, 0.5) is 0 Å². The van der Waals surface area contributed by atoms with E-state index in [2.05, 4.69) is 4.98 Å². The first kappa shape index (κ1) is 14.7. The van der Waals surface area contributed by atoms with E-state index in [4.69, 9.17) is 0 Å². The molecule has 22 heavy (non-hydrogen) atoms. The van der Waals surface area contributed by atoms with Crippen molar-refractivity contribution in [3.05, 3.63) is 52.0 Å². The monoisotopic (exact) mass is 316 g/mol. The van der Waals surface area contributed by atoms with Crippen molar-refractivity contribution in [2.75, 3.05) is 6.54 Å². The van der Waals surface area contributed by atoms with Crippen molar-refractivity contribution in [3.8, 4) is 0 Å². The minimum Gasteiger partial charge on any atom is -0.479 e. The first-order valence-electron chi connectivity index (χ1n) is 7.15. The van der Waals surface area contributed by atoms with E-state index >= 15 is 0 Å². The maximum Gasteiger partial charge on any atom is 0.331 e. The molecule has 114 valence electrons. The van der Waals surface area contributed by atoms with Gasteiger partial charge in [-0.3, -0.25) is 4.79 Å². The Hall–Kier alpha value is -2.21. The smallest absolute Gasteiger partial charge is 0.331 e. The third kappa shape index (κ3) is 2.87. The highest BCUT2D eigenvalue weighted by Crippen LogP contribution is 2.30. The fourth-order valence-electron chi connectivity index (χ4n) is 2.84. The molecule has 0 spiro atoms. The number of amides is 1. The van der Waals surface area contributed by atoms with Gasteiger partial charge in [0, 0.05) is 31.0 Å². The number of fused-ring (bicyclic) bond motifs is 1. The Morgan fingerprint density at radius 2 is 2.18 bits per heavy atom. The molecule has 5 nitrogen and oxygen atoms in total. The van der Waals surface area contributed by atoms with Gasteiger partial charge in [0.1, 0.15) is 0 Å². The Balaban J connectivity index is 1.78. The van der Waals surface area contributed by atoms with Gasteiger partial charge in [0.05, 0.1) is 5.01 Å². The average Bonchev–Trinajstić information content (AvgIpc) is 3.04. The van der Waals surface area contributed by atoms with Crippen molar-refractivity contribution in [1.82, 2.24) is 9.88 Å². The standard InChI is InChI=1S/C16H16N2O3S/c19-14(6-5-13-17-8-10-22-13)18-9-7-11-3-1-2-4-12(11)15(18)16(20)21/h1-4,8,10,15H,5-7,9H2,(H,20,21). The highest BCUT2D eigenvalue weighted by atomic mass is 32.1.